The third-order valence-electron chi connectivity index (χ3n) is 5.24. The van der Waals surface area contributed by atoms with Crippen molar-refractivity contribution in [1.29, 1.82) is 0 Å². The van der Waals surface area contributed by atoms with E-state index in [4.69, 9.17) is 11.6 Å². The van der Waals surface area contributed by atoms with Gasteiger partial charge in [0.2, 0.25) is 0 Å². The first kappa shape index (κ1) is 22.8. The van der Waals surface area contributed by atoms with Crippen LogP contribution in [-0.2, 0) is 16.6 Å². The number of carbonyl (C=O) groups excluding carboxylic acids is 1. The maximum atomic E-state index is 12.7. The number of fused-ring (bicyclic) bond motifs is 1. The largest absolute Gasteiger partial charge is 0.388 e. The van der Waals surface area contributed by atoms with Gasteiger partial charge in [0.1, 0.15) is 17.0 Å². The number of pyridine rings is 1. The summed E-state index contributed by atoms with van der Waals surface area (Å²) in [6.07, 6.45) is 0. The van der Waals surface area contributed by atoms with Crippen LogP contribution >= 0.6 is 11.6 Å². The van der Waals surface area contributed by atoms with Gasteiger partial charge in [-0.15, -0.1) is 0 Å². The zero-order valence-electron chi connectivity index (χ0n) is 18.3. The highest BCUT2D eigenvalue weighted by Crippen LogP contribution is 2.24. The molecule has 10 heteroatoms. The van der Waals surface area contributed by atoms with Crippen molar-refractivity contribution >= 4 is 44.4 Å². The number of hydrogen-bond donors (Lipinski definition) is 2. The van der Waals surface area contributed by atoms with Crippen molar-refractivity contribution < 1.29 is 13.2 Å². The van der Waals surface area contributed by atoms with E-state index < -0.39 is 15.9 Å². The Morgan fingerprint density at radius 3 is 2.42 bits per heavy atom. The highest BCUT2D eigenvalue weighted by molar-refractivity contribution is 7.90. The van der Waals surface area contributed by atoms with Gasteiger partial charge >= 0.3 is 0 Å². The molecule has 2 N–H and O–H groups in total. The second-order valence-corrected chi connectivity index (χ2v) is 9.68. The van der Waals surface area contributed by atoms with Gasteiger partial charge in [0.05, 0.1) is 11.4 Å². The first-order valence-electron chi connectivity index (χ1n) is 10.1. The highest BCUT2D eigenvalue weighted by Gasteiger charge is 2.21. The van der Waals surface area contributed by atoms with Crippen LogP contribution < -0.4 is 10.0 Å². The molecule has 0 saturated carbocycles. The molecule has 4 aromatic rings. The number of benzene rings is 2. The minimum absolute atomic E-state index is 0.00284. The third kappa shape index (κ3) is 4.69. The van der Waals surface area contributed by atoms with Crippen LogP contribution in [0.3, 0.4) is 0 Å². The standard InChI is InChI=1S/C23H22ClN5O3S/c1-14-4-8-18(9-5-14)33(31,32)28-23(30)21-11-10-20-22(27-21)29(15(2)26-20)13-16-6-7-17(25-3)12-19(16)24/h4-12,25H,13H2,1-3H3,(H,28,30). The summed E-state index contributed by atoms with van der Waals surface area (Å²) in [7, 11) is -2.21. The number of nitrogens with zero attached hydrogens (tertiary/aromatic N) is 3. The predicted molar refractivity (Wildman–Crippen MR) is 128 cm³/mol. The molecule has 0 unspecified atom stereocenters. The monoisotopic (exact) mass is 483 g/mol. The second kappa shape index (κ2) is 8.84. The Hall–Kier alpha value is -3.43. The van der Waals surface area contributed by atoms with Crippen LogP contribution in [0.4, 0.5) is 5.69 Å². The molecular formula is C23H22ClN5O3S. The molecule has 2 heterocycles. The summed E-state index contributed by atoms with van der Waals surface area (Å²) >= 11 is 6.43. The topological polar surface area (TPSA) is 106 Å². The molecular weight excluding hydrogens is 462 g/mol. The van der Waals surface area contributed by atoms with Gasteiger partial charge in [0.15, 0.2) is 5.65 Å². The van der Waals surface area contributed by atoms with Crippen LogP contribution in [0.1, 0.15) is 27.4 Å². The van der Waals surface area contributed by atoms with Gasteiger partial charge < -0.3 is 9.88 Å². The maximum Gasteiger partial charge on any atom is 0.283 e. The van der Waals surface area contributed by atoms with Crippen molar-refractivity contribution in [2.24, 2.45) is 0 Å². The van der Waals surface area contributed by atoms with Crippen LogP contribution in [0, 0.1) is 13.8 Å². The minimum Gasteiger partial charge on any atom is -0.388 e. The van der Waals surface area contributed by atoms with Crippen molar-refractivity contribution in [2.75, 3.05) is 12.4 Å². The summed E-state index contributed by atoms with van der Waals surface area (Å²) in [6, 6.07) is 15.0. The lowest BCUT2D eigenvalue weighted by Crippen LogP contribution is -2.31. The molecule has 1 amide bonds. The van der Waals surface area contributed by atoms with E-state index in [0.29, 0.717) is 28.6 Å². The first-order valence-corrected chi connectivity index (χ1v) is 12.0. The minimum atomic E-state index is -4.03. The quantitative estimate of drug-likeness (QED) is 0.430. The molecule has 2 aromatic carbocycles. The lowest BCUT2D eigenvalue weighted by molar-refractivity contribution is 0.0977. The van der Waals surface area contributed by atoms with Crippen LogP contribution in [0.25, 0.3) is 11.2 Å². The van der Waals surface area contributed by atoms with Crippen LogP contribution in [-0.4, -0.2) is 35.9 Å². The van der Waals surface area contributed by atoms with E-state index in [-0.39, 0.29) is 10.6 Å². The smallest absolute Gasteiger partial charge is 0.283 e. The van der Waals surface area contributed by atoms with Crippen molar-refractivity contribution in [3.05, 3.63) is 82.3 Å². The molecule has 0 aliphatic rings. The molecule has 0 fully saturated rings. The fourth-order valence-electron chi connectivity index (χ4n) is 3.38. The number of carbonyl (C=O) groups is 1. The molecule has 0 aliphatic carbocycles. The van der Waals surface area contributed by atoms with Crippen LogP contribution in [0.2, 0.25) is 5.02 Å². The van der Waals surface area contributed by atoms with Gasteiger partial charge in [-0.3, -0.25) is 4.79 Å². The lowest BCUT2D eigenvalue weighted by Gasteiger charge is -2.11. The SMILES string of the molecule is CNc1ccc(Cn2c(C)nc3ccc(C(=O)NS(=O)(=O)c4ccc(C)cc4)nc32)c(Cl)c1. The Bertz CT molecular complexity index is 1460. The third-order valence-corrected chi connectivity index (χ3v) is 6.94. The summed E-state index contributed by atoms with van der Waals surface area (Å²) < 4.78 is 29.1. The van der Waals surface area contributed by atoms with E-state index in [9.17, 15) is 13.2 Å². The molecule has 2 aromatic heterocycles. The Morgan fingerprint density at radius 1 is 1.03 bits per heavy atom. The van der Waals surface area contributed by atoms with Gasteiger partial charge in [-0.05, 0) is 55.8 Å². The Morgan fingerprint density at radius 2 is 1.76 bits per heavy atom. The van der Waals surface area contributed by atoms with E-state index in [1.54, 1.807) is 18.2 Å². The van der Waals surface area contributed by atoms with Crippen molar-refractivity contribution in [3.63, 3.8) is 0 Å². The van der Waals surface area contributed by atoms with Crippen molar-refractivity contribution in [3.8, 4) is 0 Å². The number of anilines is 1. The molecule has 0 radical (unpaired) electrons. The number of aryl methyl sites for hydroxylation is 2. The molecule has 0 saturated heterocycles. The Kier molecular flexibility index (Phi) is 6.09. The Labute approximate surface area is 196 Å². The summed E-state index contributed by atoms with van der Waals surface area (Å²) in [5.74, 6) is -0.129. The van der Waals surface area contributed by atoms with Gasteiger partial charge in [0.25, 0.3) is 15.9 Å². The normalized spacial score (nSPS) is 11.5. The average Bonchev–Trinajstić information content (AvgIpc) is 3.09. The lowest BCUT2D eigenvalue weighted by atomic mass is 10.2. The van der Waals surface area contributed by atoms with E-state index in [2.05, 4.69) is 20.0 Å². The number of imidazole rings is 1. The van der Waals surface area contributed by atoms with E-state index in [0.717, 1.165) is 16.8 Å². The average molecular weight is 484 g/mol. The van der Waals surface area contributed by atoms with Crippen LogP contribution in [0.15, 0.2) is 59.5 Å². The van der Waals surface area contributed by atoms with E-state index in [1.807, 2.05) is 43.7 Å². The molecule has 0 atom stereocenters. The highest BCUT2D eigenvalue weighted by atomic mass is 35.5. The molecule has 0 spiro atoms. The number of nitrogens with one attached hydrogen (secondary N) is 2. The summed E-state index contributed by atoms with van der Waals surface area (Å²) in [4.78, 5) is 21.7. The van der Waals surface area contributed by atoms with Crippen molar-refractivity contribution in [2.45, 2.75) is 25.3 Å². The number of sulfonamides is 1. The second-order valence-electron chi connectivity index (χ2n) is 7.59. The van der Waals surface area contributed by atoms with Gasteiger partial charge in [-0.2, -0.15) is 0 Å². The summed E-state index contributed by atoms with van der Waals surface area (Å²) in [6.45, 7) is 4.07. The molecule has 4 rings (SSSR count). The fraction of sp³-hybridized carbons (Fsp3) is 0.174. The van der Waals surface area contributed by atoms with Gasteiger partial charge in [-0.1, -0.05) is 35.4 Å². The number of amides is 1. The van der Waals surface area contributed by atoms with Gasteiger partial charge in [-0.25, -0.2) is 23.1 Å². The van der Waals surface area contributed by atoms with Gasteiger partial charge in [0, 0.05) is 17.8 Å². The maximum absolute atomic E-state index is 12.7. The van der Waals surface area contributed by atoms with E-state index in [1.165, 1.54) is 18.2 Å². The summed E-state index contributed by atoms with van der Waals surface area (Å²) in [5, 5.41) is 3.62. The number of hydrogen-bond acceptors (Lipinski definition) is 6. The molecule has 0 bridgehead atoms. The molecule has 8 nitrogen and oxygen atoms in total. The predicted octanol–water partition coefficient (Wildman–Crippen LogP) is 3.91. The number of rotatable bonds is 6. The molecule has 33 heavy (non-hydrogen) atoms. The van der Waals surface area contributed by atoms with E-state index >= 15 is 0 Å². The zero-order valence-corrected chi connectivity index (χ0v) is 19.8. The van der Waals surface area contributed by atoms with Crippen molar-refractivity contribution in [1.82, 2.24) is 19.3 Å². The molecule has 0 aliphatic heterocycles. The fourth-order valence-corrected chi connectivity index (χ4v) is 4.58. The number of halogens is 1. The number of aromatic nitrogens is 3. The first-order chi connectivity index (χ1) is 15.7. The zero-order chi connectivity index (χ0) is 23.8. The molecule has 170 valence electrons. The van der Waals surface area contributed by atoms with Crippen LogP contribution in [0.5, 0.6) is 0 Å². The summed E-state index contributed by atoms with van der Waals surface area (Å²) in [5.41, 5.74) is 3.68. The Balaban J connectivity index is 1.65.